The Morgan fingerprint density at radius 3 is 2.22 bits per heavy atom. The first kappa shape index (κ1) is 17.2. The minimum atomic E-state index is -4.42. The highest BCUT2D eigenvalue weighted by atomic mass is 19.4. The third-order valence-electron chi connectivity index (χ3n) is 2.68. The van der Waals surface area contributed by atoms with Crippen LogP contribution >= 0.6 is 0 Å². The second-order valence-corrected chi connectivity index (χ2v) is 4.93. The number of ether oxygens (including phenoxy) is 1. The number of hydrogen-bond donors (Lipinski definition) is 1. The van der Waals surface area contributed by atoms with Gasteiger partial charge in [0, 0.05) is 13.2 Å². The number of aliphatic carboxylic acids is 1. The lowest BCUT2D eigenvalue weighted by atomic mass is 9.98. The second-order valence-electron chi connectivity index (χ2n) is 4.93. The summed E-state index contributed by atoms with van der Waals surface area (Å²) in [5.41, 5.74) is -0.595. The molecule has 0 fully saturated rings. The van der Waals surface area contributed by atoms with E-state index in [1.165, 1.54) is 7.11 Å². The lowest BCUT2D eigenvalue weighted by Gasteiger charge is -2.33. The number of nitrogens with zero attached hydrogens (tertiary/aromatic N) is 1. The van der Waals surface area contributed by atoms with Crippen molar-refractivity contribution >= 4 is 5.97 Å². The predicted molar refractivity (Wildman–Crippen MR) is 60.4 cm³/mol. The molecule has 0 aliphatic heterocycles. The van der Waals surface area contributed by atoms with Gasteiger partial charge in [-0.2, -0.15) is 13.2 Å². The van der Waals surface area contributed by atoms with Crippen molar-refractivity contribution in [2.45, 2.75) is 45.0 Å². The molecule has 0 aromatic rings. The number of rotatable bonds is 7. The van der Waals surface area contributed by atoms with Gasteiger partial charge in [-0.05, 0) is 27.2 Å². The fourth-order valence-electron chi connectivity index (χ4n) is 1.70. The van der Waals surface area contributed by atoms with Crippen molar-refractivity contribution in [1.82, 2.24) is 4.90 Å². The smallest absolute Gasteiger partial charge is 0.401 e. The van der Waals surface area contributed by atoms with Crippen LogP contribution in [0.4, 0.5) is 13.2 Å². The summed E-state index contributed by atoms with van der Waals surface area (Å²) in [7, 11) is 1.47. The molecule has 0 aliphatic rings. The second kappa shape index (κ2) is 6.38. The first-order valence-electron chi connectivity index (χ1n) is 5.54. The maximum atomic E-state index is 12.4. The highest BCUT2D eigenvalue weighted by molar-refractivity contribution is 5.69. The molecule has 1 N–H and O–H groups in total. The van der Waals surface area contributed by atoms with Crippen molar-refractivity contribution in [2.75, 3.05) is 20.2 Å². The molecule has 7 heteroatoms. The van der Waals surface area contributed by atoms with E-state index in [1.807, 2.05) is 0 Å². The summed E-state index contributed by atoms with van der Waals surface area (Å²) in [6.07, 6.45) is -4.10. The van der Waals surface area contributed by atoms with Crippen LogP contribution in [0.5, 0.6) is 0 Å². The van der Waals surface area contributed by atoms with Crippen LogP contribution in [-0.4, -0.2) is 54.0 Å². The number of hydrogen-bond acceptors (Lipinski definition) is 3. The number of carbonyl (C=O) groups is 1. The Balaban J connectivity index is 4.69. The van der Waals surface area contributed by atoms with E-state index in [0.29, 0.717) is 6.42 Å². The lowest BCUT2D eigenvalue weighted by molar-refractivity contribution is -0.160. The first-order valence-corrected chi connectivity index (χ1v) is 5.54. The molecule has 0 bridgehead atoms. The van der Waals surface area contributed by atoms with Crippen molar-refractivity contribution in [2.24, 2.45) is 0 Å². The zero-order chi connectivity index (χ0) is 14.6. The van der Waals surface area contributed by atoms with Gasteiger partial charge in [0.1, 0.15) is 0 Å². The molecular formula is C11H20F3NO3. The molecule has 1 unspecified atom stereocenters. The Labute approximate surface area is 105 Å². The Hall–Kier alpha value is -0.820. The first-order chi connectivity index (χ1) is 7.97. The van der Waals surface area contributed by atoms with E-state index in [0.717, 1.165) is 4.90 Å². The van der Waals surface area contributed by atoms with Gasteiger partial charge in [0.2, 0.25) is 0 Å². The number of carboxylic acid groups (broad SMARTS) is 1. The molecule has 0 saturated heterocycles. The van der Waals surface area contributed by atoms with Crippen LogP contribution in [0, 0.1) is 0 Å². The highest BCUT2D eigenvalue weighted by Gasteiger charge is 2.35. The third kappa shape index (κ3) is 7.50. The minimum Gasteiger partial charge on any atom is -0.480 e. The number of alkyl halides is 3. The molecule has 0 saturated carbocycles. The zero-order valence-electron chi connectivity index (χ0n) is 11.0. The predicted octanol–water partition coefficient (Wildman–Crippen LogP) is 2.14. The van der Waals surface area contributed by atoms with E-state index in [1.54, 1.807) is 20.8 Å². The van der Waals surface area contributed by atoms with Gasteiger partial charge < -0.3 is 9.84 Å². The number of methoxy groups -OCH3 is 1. The molecule has 0 aromatic heterocycles. The fraction of sp³-hybridized carbons (Fsp3) is 0.909. The van der Waals surface area contributed by atoms with Crippen molar-refractivity contribution in [3.05, 3.63) is 0 Å². The van der Waals surface area contributed by atoms with E-state index in [-0.39, 0.29) is 0 Å². The van der Waals surface area contributed by atoms with E-state index in [2.05, 4.69) is 0 Å². The molecule has 1 atom stereocenters. The van der Waals surface area contributed by atoms with Crippen LogP contribution < -0.4 is 0 Å². The van der Waals surface area contributed by atoms with Gasteiger partial charge in [-0.15, -0.1) is 0 Å². The van der Waals surface area contributed by atoms with Crippen LogP contribution in [-0.2, 0) is 9.53 Å². The summed E-state index contributed by atoms with van der Waals surface area (Å²) < 4.78 is 42.2. The topological polar surface area (TPSA) is 49.8 Å². The Bertz CT molecular complexity index is 279. The number of halogens is 3. The SMILES string of the molecule is COC(C)(C)CC(C)N(CC(=O)O)CC(F)(F)F. The summed E-state index contributed by atoms with van der Waals surface area (Å²) in [6.45, 7) is 3.18. The molecule has 0 rings (SSSR count). The highest BCUT2D eigenvalue weighted by Crippen LogP contribution is 2.23. The van der Waals surface area contributed by atoms with Gasteiger partial charge in [-0.25, -0.2) is 0 Å². The van der Waals surface area contributed by atoms with E-state index in [4.69, 9.17) is 9.84 Å². The van der Waals surface area contributed by atoms with Gasteiger partial charge in [0.25, 0.3) is 0 Å². The van der Waals surface area contributed by atoms with Crippen molar-refractivity contribution < 1.29 is 27.8 Å². The quantitative estimate of drug-likeness (QED) is 0.770. The summed E-state index contributed by atoms with van der Waals surface area (Å²) in [5.74, 6) is -1.28. The molecule has 108 valence electrons. The van der Waals surface area contributed by atoms with E-state index in [9.17, 15) is 18.0 Å². The molecule has 0 amide bonds. The maximum Gasteiger partial charge on any atom is 0.401 e. The molecule has 4 nitrogen and oxygen atoms in total. The molecule has 18 heavy (non-hydrogen) atoms. The largest absolute Gasteiger partial charge is 0.480 e. The summed E-state index contributed by atoms with van der Waals surface area (Å²) in [5, 5.41) is 8.64. The Morgan fingerprint density at radius 1 is 1.39 bits per heavy atom. The molecular weight excluding hydrogens is 251 g/mol. The van der Waals surface area contributed by atoms with Gasteiger partial charge >= 0.3 is 12.1 Å². The van der Waals surface area contributed by atoms with Crippen LogP contribution in [0.1, 0.15) is 27.2 Å². The summed E-state index contributed by atoms with van der Waals surface area (Å²) in [4.78, 5) is 11.5. The molecule has 0 spiro atoms. The van der Waals surface area contributed by atoms with Crippen LogP contribution in [0.2, 0.25) is 0 Å². The average Bonchev–Trinajstić information content (AvgIpc) is 2.13. The van der Waals surface area contributed by atoms with Crippen LogP contribution in [0.15, 0.2) is 0 Å². The molecule has 0 radical (unpaired) electrons. The third-order valence-corrected chi connectivity index (χ3v) is 2.68. The normalized spacial score (nSPS) is 14.9. The van der Waals surface area contributed by atoms with Crippen molar-refractivity contribution in [3.8, 4) is 0 Å². The number of carboxylic acids is 1. The van der Waals surface area contributed by atoms with E-state index >= 15 is 0 Å². The van der Waals surface area contributed by atoms with Gasteiger partial charge in [-0.1, -0.05) is 0 Å². The summed E-state index contributed by atoms with van der Waals surface area (Å²) in [6, 6.07) is -0.544. The maximum absolute atomic E-state index is 12.4. The average molecular weight is 271 g/mol. The van der Waals surface area contributed by atoms with Gasteiger partial charge in [0.15, 0.2) is 0 Å². The minimum absolute atomic E-state index is 0.312. The summed E-state index contributed by atoms with van der Waals surface area (Å²) >= 11 is 0. The van der Waals surface area contributed by atoms with Gasteiger partial charge in [-0.3, -0.25) is 9.69 Å². The van der Waals surface area contributed by atoms with Crippen LogP contribution in [0.3, 0.4) is 0 Å². The van der Waals surface area contributed by atoms with E-state index < -0.39 is 36.9 Å². The van der Waals surface area contributed by atoms with Crippen LogP contribution in [0.25, 0.3) is 0 Å². The Kier molecular flexibility index (Phi) is 6.09. The van der Waals surface area contributed by atoms with Gasteiger partial charge in [0.05, 0.1) is 18.7 Å². The Morgan fingerprint density at radius 2 is 1.89 bits per heavy atom. The van der Waals surface area contributed by atoms with Crippen molar-refractivity contribution in [3.63, 3.8) is 0 Å². The molecule has 0 aliphatic carbocycles. The lowest BCUT2D eigenvalue weighted by Crippen LogP contribution is -2.46. The van der Waals surface area contributed by atoms with Crippen molar-refractivity contribution in [1.29, 1.82) is 0 Å². The molecule has 0 heterocycles. The fourth-order valence-corrected chi connectivity index (χ4v) is 1.70. The molecule has 0 aromatic carbocycles. The standard InChI is InChI=1S/C11H20F3NO3/c1-8(5-10(2,3)18-4)15(6-9(16)17)7-11(12,13)14/h8H,5-7H2,1-4H3,(H,16,17). The monoisotopic (exact) mass is 271 g/mol. The zero-order valence-corrected chi connectivity index (χ0v) is 11.0.